The number of hydroxylamine groups is 1. The molecule has 3 N–H and O–H groups in total. The van der Waals surface area contributed by atoms with E-state index in [2.05, 4.69) is 31.3 Å². The summed E-state index contributed by atoms with van der Waals surface area (Å²) < 4.78 is 0. The normalized spacial score (nSPS) is 12.2. The molecule has 0 saturated heterocycles. The number of benzene rings is 1. The van der Waals surface area contributed by atoms with Crippen LogP contribution in [-0.2, 0) is 17.8 Å². The van der Waals surface area contributed by atoms with Crippen molar-refractivity contribution in [3.8, 4) is 0 Å². The van der Waals surface area contributed by atoms with Gasteiger partial charge in [0.15, 0.2) is 0 Å². The fourth-order valence-corrected chi connectivity index (χ4v) is 1.57. The molecule has 0 fully saturated rings. The number of hydrogen-bond donors (Lipinski definition) is 3. The van der Waals surface area contributed by atoms with Crippen molar-refractivity contribution < 1.29 is 10.0 Å². The van der Waals surface area contributed by atoms with Gasteiger partial charge in [0, 0.05) is 19.0 Å². The van der Waals surface area contributed by atoms with Crippen molar-refractivity contribution in [3.05, 3.63) is 35.4 Å². The molecule has 1 aromatic rings. The van der Waals surface area contributed by atoms with Gasteiger partial charge >= 0.3 is 0 Å². The first kappa shape index (κ1) is 14.7. The smallest absolute Gasteiger partial charge is 0.243 e. The standard InChI is InChI=1S/C14H22N2O2/c1-3-11(2)15-10-13-6-4-12(5-7-13)8-9-14(17)16-18/h4-7,11,15,18H,3,8-10H2,1-2H3,(H,16,17). The lowest BCUT2D eigenvalue weighted by molar-refractivity contribution is -0.129. The molecule has 100 valence electrons. The highest BCUT2D eigenvalue weighted by atomic mass is 16.5. The molecule has 0 bridgehead atoms. The van der Waals surface area contributed by atoms with Gasteiger partial charge in [-0.1, -0.05) is 31.2 Å². The van der Waals surface area contributed by atoms with Gasteiger partial charge in [-0.25, -0.2) is 5.48 Å². The lowest BCUT2D eigenvalue weighted by atomic mass is 10.1. The fraction of sp³-hybridized carbons (Fsp3) is 0.500. The van der Waals surface area contributed by atoms with E-state index in [-0.39, 0.29) is 5.91 Å². The van der Waals surface area contributed by atoms with E-state index >= 15 is 0 Å². The van der Waals surface area contributed by atoms with Crippen molar-refractivity contribution in [2.45, 2.75) is 45.7 Å². The lowest BCUT2D eigenvalue weighted by Gasteiger charge is -2.11. The third kappa shape index (κ3) is 5.29. The zero-order chi connectivity index (χ0) is 13.4. The highest BCUT2D eigenvalue weighted by Crippen LogP contribution is 2.07. The second-order valence-corrected chi connectivity index (χ2v) is 4.54. The second kappa shape index (κ2) is 7.84. The van der Waals surface area contributed by atoms with Crippen LogP contribution < -0.4 is 10.8 Å². The van der Waals surface area contributed by atoms with Crippen LogP contribution in [0, 0.1) is 0 Å². The maximum Gasteiger partial charge on any atom is 0.243 e. The number of carbonyl (C=O) groups excluding carboxylic acids is 1. The van der Waals surface area contributed by atoms with Gasteiger partial charge in [-0.05, 0) is 30.9 Å². The molecule has 1 atom stereocenters. The van der Waals surface area contributed by atoms with Crippen molar-refractivity contribution in [2.24, 2.45) is 0 Å². The topological polar surface area (TPSA) is 61.4 Å². The van der Waals surface area contributed by atoms with Gasteiger partial charge in [0.2, 0.25) is 5.91 Å². The van der Waals surface area contributed by atoms with E-state index in [0.717, 1.165) is 18.5 Å². The summed E-state index contributed by atoms with van der Waals surface area (Å²) in [6, 6.07) is 8.72. The van der Waals surface area contributed by atoms with E-state index in [1.807, 2.05) is 12.1 Å². The van der Waals surface area contributed by atoms with Crippen molar-refractivity contribution >= 4 is 5.91 Å². The number of aryl methyl sites for hydroxylation is 1. The summed E-state index contributed by atoms with van der Waals surface area (Å²) in [5.41, 5.74) is 3.98. The Balaban J connectivity index is 2.40. The van der Waals surface area contributed by atoms with Crippen LogP contribution in [0.3, 0.4) is 0 Å². The lowest BCUT2D eigenvalue weighted by Crippen LogP contribution is -2.24. The van der Waals surface area contributed by atoms with E-state index < -0.39 is 0 Å². The van der Waals surface area contributed by atoms with Gasteiger partial charge in [0.1, 0.15) is 0 Å². The summed E-state index contributed by atoms with van der Waals surface area (Å²) in [4.78, 5) is 10.9. The Bertz CT molecular complexity index is 363. The summed E-state index contributed by atoms with van der Waals surface area (Å²) in [5, 5.41) is 11.8. The largest absolute Gasteiger partial charge is 0.310 e. The second-order valence-electron chi connectivity index (χ2n) is 4.54. The van der Waals surface area contributed by atoms with Crippen LogP contribution in [0.15, 0.2) is 24.3 Å². The molecule has 0 radical (unpaired) electrons. The predicted molar refractivity (Wildman–Crippen MR) is 71.3 cm³/mol. The minimum Gasteiger partial charge on any atom is -0.310 e. The molecule has 4 heteroatoms. The summed E-state index contributed by atoms with van der Waals surface area (Å²) in [6.45, 7) is 5.20. The highest BCUT2D eigenvalue weighted by molar-refractivity contribution is 5.74. The third-order valence-corrected chi connectivity index (χ3v) is 3.06. The van der Waals surface area contributed by atoms with E-state index in [1.54, 1.807) is 5.48 Å². The van der Waals surface area contributed by atoms with Gasteiger partial charge in [0.25, 0.3) is 0 Å². The van der Waals surface area contributed by atoms with Gasteiger partial charge in [0.05, 0.1) is 0 Å². The molecule has 0 aromatic heterocycles. The van der Waals surface area contributed by atoms with Crippen molar-refractivity contribution in [2.75, 3.05) is 0 Å². The van der Waals surface area contributed by atoms with Crippen molar-refractivity contribution in [1.29, 1.82) is 0 Å². The maximum absolute atomic E-state index is 10.9. The first-order valence-corrected chi connectivity index (χ1v) is 6.39. The molecule has 18 heavy (non-hydrogen) atoms. The Morgan fingerprint density at radius 1 is 1.28 bits per heavy atom. The Morgan fingerprint density at radius 2 is 1.89 bits per heavy atom. The van der Waals surface area contributed by atoms with E-state index in [4.69, 9.17) is 5.21 Å². The molecule has 0 saturated carbocycles. The Labute approximate surface area is 108 Å². The van der Waals surface area contributed by atoms with E-state index in [1.165, 1.54) is 5.56 Å². The zero-order valence-electron chi connectivity index (χ0n) is 11.1. The molecule has 0 aliphatic carbocycles. The summed E-state index contributed by atoms with van der Waals surface area (Å²) in [7, 11) is 0. The maximum atomic E-state index is 10.9. The Kier molecular flexibility index (Phi) is 6.39. The fourth-order valence-electron chi connectivity index (χ4n) is 1.57. The highest BCUT2D eigenvalue weighted by Gasteiger charge is 2.01. The van der Waals surface area contributed by atoms with Crippen LogP contribution in [-0.4, -0.2) is 17.2 Å². The van der Waals surface area contributed by atoms with Crippen LogP contribution in [0.5, 0.6) is 0 Å². The average molecular weight is 250 g/mol. The number of nitrogens with one attached hydrogen (secondary N) is 2. The summed E-state index contributed by atoms with van der Waals surface area (Å²) >= 11 is 0. The monoisotopic (exact) mass is 250 g/mol. The van der Waals surface area contributed by atoms with E-state index in [0.29, 0.717) is 18.9 Å². The van der Waals surface area contributed by atoms with Gasteiger partial charge in [-0.3, -0.25) is 10.0 Å². The molecular weight excluding hydrogens is 228 g/mol. The molecular formula is C14H22N2O2. The van der Waals surface area contributed by atoms with E-state index in [9.17, 15) is 4.79 Å². The molecule has 0 aliphatic rings. The molecule has 4 nitrogen and oxygen atoms in total. The van der Waals surface area contributed by atoms with Crippen LogP contribution in [0.4, 0.5) is 0 Å². The van der Waals surface area contributed by atoms with Crippen molar-refractivity contribution in [1.82, 2.24) is 10.8 Å². The molecule has 1 aromatic carbocycles. The first-order chi connectivity index (χ1) is 8.65. The van der Waals surface area contributed by atoms with Gasteiger partial charge in [-0.2, -0.15) is 0 Å². The predicted octanol–water partition coefficient (Wildman–Crippen LogP) is 2.01. The number of amides is 1. The SMILES string of the molecule is CCC(C)NCc1ccc(CCC(=O)NO)cc1. The molecule has 1 rings (SSSR count). The average Bonchev–Trinajstić information content (AvgIpc) is 2.43. The van der Waals surface area contributed by atoms with Crippen LogP contribution >= 0.6 is 0 Å². The molecule has 1 unspecified atom stereocenters. The Morgan fingerprint density at radius 3 is 2.44 bits per heavy atom. The minimum absolute atomic E-state index is 0.307. The minimum atomic E-state index is -0.350. The quantitative estimate of drug-likeness (QED) is 0.512. The molecule has 0 heterocycles. The van der Waals surface area contributed by atoms with Gasteiger partial charge in [-0.15, -0.1) is 0 Å². The van der Waals surface area contributed by atoms with Crippen LogP contribution in [0.1, 0.15) is 37.8 Å². The Hall–Kier alpha value is -1.39. The number of carbonyl (C=O) groups is 1. The number of hydrogen-bond acceptors (Lipinski definition) is 3. The van der Waals surface area contributed by atoms with Crippen LogP contribution in [0.25, 0.3) is 0 Å². The first-order valence-electron chi connectivity index (χ1n) is 6.39. The summed E-state index contributed by atoms with van der Waals surface area (Å²) in [5.74, 6) is -0.350. The molecule has 1 amide bonds. The summed E-state index contributed by atoms with van der Waals surface area (Å²) in [6.07, 6.45) is 2.07. The van der Waals surface area contributed by atoms with Gasteiger partial charge < -0.3 is 5.32 Å². The molecule has 0 aliphatic heterocycles. The third-order valence-electron chi connectivity index (χ3n) is 3.06. The molecule has 0 spiro atoms. The van der Waals surface area contributed by atoms with Crippen molar-refractivity contribution in [3.63, 3.8) is 0 Å². The zero-order valence-corrected chi connectivity index (χ0v) is 11.1. The number of rotatable bonds is 7. The van der Waals surface area contributed by atoms with Crippen LogP contribution in [0.2, 0.25) is 0 Å².